The molecule has 1 aliphatic rings. The Morgan fingerprint density at radius 3 is 2.63 bits per heavy atom. The van der Waals surface area contributed by atoms with Crippen molar-refractivity contribution < 1.29 is 9.90 Å². The van der Waals surface area contributed by atoms with Crippen LogP contribution in [-0.2, 0) is 0 Å². The van der Waals surface area contributed by atoms with Gasteiger partial charge in [0.05, 0.1) is 5.60 Å². The van der Waals surface area contributed by atoms with Gasteiger partial charge in [-0.25, -0.2) is 0 Å². The number of benzene rings is 1. The second-order valence-corrected chi connectivity index (χ2v) is 5.96. The molecule has 1 aromatic rings. The van der Waals surface area contributed by atoms with Gasteiger partial charge in [-0.3, -0.25) is 4.79 Å². The molecule has 1 saturated carbocycles. The third-order valence-corrected chi connectivity index (χ3v) is 4.24. The van der Waals surface area contributed by atoms with E-state index >= 15 is 0 Å². The number of carbonyl (C=O) groups excluding carboxylic acids is 1. The Hall–Kier alpha value is -1.06. The molecule has 0 heterocycles. The Morgan fingerprint density at radius 2 is 2.05 bits per heavy atom. The van der Waals surface area contributed by atoms with E-state index in [9.17, 15) is 9.90 Å². The summed E-state index contributed by atoms with van der Waals surface area (Å²) in [6.45, 7) is 2.29. The average molecular weight is 282 g/mol. The summed E-state index contributed by atoms with van der Waals surface area (Å²) in [5, 5.41) is 10.9. The van der Waals surface area contributed by atoms with E-state index in [4.69, 9.17) is 11.6 Å². The molecule has 1 amide bonds. The first-order chi connectivity index (χ1) is 8.91. The monoisotopic (exact) mass is 281 g/mol. The number of hydrogen-bond donors (Lipinski definition) is 1. The number of aliphatic hydroxyl groups is 1. The summed E-state index contributed by atoms with van der Waals surface area (Å²) in [6.07, 6.45) is 3.63. The summed E-state index contributed by atoms with van der Waals surface area (Å²) in [5.74, 6) is -0.0952. The maximum atomic E-state index is 12.3. The van der Waals surface area contributed by atoms with Crippen molar-refractivity contribution in [2.24, 2.45) is 0 Å². The van der Waals surface area contributed by atoms with Crippen LogP contribution in [0, 0.1) is 6.92 Å². The van der Waals surface area contributed by atoms with E-state index in [0.717, 1.165) is 31.2 Å². The number of hydrogen-bond acceptors (Lipinski definition) is 2. The van der Waals surface area contributed by atoms with Crippen LogP contribution in [0.15, 0.2) is 18.2 Å². The Bertz CT molecular complexity index is 481. The minimum absolute atomic E-state index is 0.0952. The standard InChI is InChI=1S/C15H20ClNO2/c1-11-5-6-12(9-13(11)16)14(18)17(2)10-15(19)7-3-4-8-15/h5-6,9,19H,3-4,7-8,10H2,1-2H3. The maximum absolute atomic E-state index is 12.3. The van der Waals surface area contributed by atoms with Gasteiger partial charge in [0.15, 0.2) is 0 Å². The highest BCUT2D eigenvalue weighted by molar-refractivity contribution is 6.31. The molecule has 19 heavy (non-hydrogen) atoms. The summed E-state index contributed by atoms with van der Waals surface area (Å²) >= 11 is 6.04. The van der Waals surface area contributed by atoms with Crippen molar-refractivity contribution in [1.82, 2.24) is 4.90 Å². The van der Waals surface area contributed by atoms with E-state index in [1.807, 2.05) is 13.0 Å². The van der Waals surface area contributed by atoms with E-state index < -0.39 is 5.60 Å². The number of likely N-dealkylation sites (N-methyl/N-ethyl adjacent to an activating group) is 1. The molecule has 1 N–H and O–H groups in total. The van der Waals surface area contributed by atoms with Crippen LogP contribution in [0.25, 0.3) is 0 Å². The number of rotatable bonds is 3. The lowest BCUT2D eigenvalue weighted by Gasteiger charge is -2.28. The molecule has 0 radical (unpaired) electrons. The summed E-state index contributed by atoms with van der Waals surface area (Å²) in [6, 6.07) is 5.31. The number of aryl methyl sites for hydroxylation is 1. The molecule has 0 atom stereocenters. The van der Waals surface area contributed by atoms with Crippen molar-refractivity contribution in [3.8, 4) is 0 Å². The average Bonchev–Trinajstić information content (AvgIpc) is 2.78. The topological polar surface area (TPSA) is 40.5 Å². The van der Waals surface area contributed by atoms with E-state index in [-0.39, 0.29) is 5.91 Å². The van der Waals surface area contributed by atoms with Crippen molar-refractivity contribution in [1.29, 1.82) is 0 Å². The van der Waals surface area contributed by atoms with Crippen LogP contribution in [0.3, 0.4) is 0 Å². The molecule has 2 rings (SSSR count). The van der Waals surface area contributed by atoms with Crippen LogP contribution in [0.1, 0.15) is 41.6 Å². The minimum atomic E-state index is -0.709. The third kappa shape index (κ3) is 3.28. The molecular weight excluding hydrogens is 262 g/mol. The molecule has 3 nitrogen and oxygen atoms in total. The first kappa shape index (κ1) is 14.4. The van der Waals surface area contributed by atoms with Gasteiger partial charge < -0.3 is 10.0 Å². The maximum Gasteiger partial charge on any atom is 0.253 e. The second kappa shape index (κ2) is 5.51. The molecule has 4 heteroatoms. The third-order valence-electron chi connectivity index (χ3n) is 3.83. The number of nitrogens with zero attached hydrogens (tertiary/aromatic N) is 1. The van der Waals surface area contributed by atoms with Gasteiger partial charge in [0, 0.05) is 24.2 Å². The summed E-state index contributed by atoms with van der Waals surface area (Å²) in [4.78, 5) is 13.9. The molecule has 1 aromatic carbocycles. The van der Waals surface area contributed by atoms with Gasteiger partial charge in [-0.05, 0) is 37.5 Å². The van der Waals surface area contributed by atoms with Gasteiger partial charge in [-0.15, -0.1) is 0 Å². The fourth-order valence-electron chi connectivity index (χ4n) is 2.65. The predicted octanol–water partition coefficient (Wildman–Crippen LogP) is 3.03. The van der Waals surface area contributed by atoms with Crippen molar-refractivity contribution in [2.75, 3.05) is 13.6 Å². The van der Waals surface area contributed by atoms with E-state index in [0.29, 0.717) is 17.1 Å². The second-order valence-electron chi connectivity index (χ2n) is 5.56. The van der Waals surface area contributed by atoms with Crippen LogP contribution in [0.4, 0.5) is 0 Å². The zero-order chi connectivity index (χ0) is 14.0. The predicted molar refractivity (Wildman–Crippen MR) is 76.6 cm³/mol. The van der Waals surface area contributed by atoms with Crippen LogP contribution in [0.2, 0.25) is 5.02 Å². The van der Waals surface area contributed by atoms with Gasteiger partial charge in [-0.2, -0.15) is 0 Å². The molecular formula is C15H20ClNO2. The van der Waals surface area contributed by atoms with Crippen LogP contribution in [0.5, 0.6) is 0 Å². The highest BCUT2D eigenvalue weighted by Gasteiger charge is 2.33. The molecule has 1 fully saturated rings. The summed E-state index contributed by atoms with van der Waals surface area (Å²) in [7, 11) is 1.73. The number of halogens is 1. The smallest absolute Gasteiger partial charge is 0.253 e. The van der Waals surface area contributed by atoms with E-state index in [1.165, 1.54) is 0 Å². The van der Waals surface area contributed by atoms with Crippen molar-refractivity contribution >= 4 is 17.5 Å². The van der Waals surface area contributed by atoms with Gasteiger partial charge in [-0.1, -0.05) is 30.5 Å². The first-order valence-corrected chi connectivity index (χ1v) is 7.03. The number of amides is 1. The highest BCUT2D eigenvalue weighted by atomic mass is 35.5. The minimum Gasteiger partial charge on any atom is -0.388 e. The Labute approximate surface area is 119 Å². The Balaban J connectivity index is 2.08. The van der Waals surface area contributed by atoms with Crippen molar-refractivity contribution in [3.63, 3.8) is 0 Å². The lowest BCUT2D eigenvalue weighted by atomic mass is 10.0. The molecule has 0 aliphatic heterocycles. The number of carbonyl (C=O) groups is 1. The van der Waals surface area contributed by atoms with Crippen molar-refractivity contribution in [3.05, 3.63) is 34.3 Å². The van der Waals surface area contributed by atoms with E-state index in [2.05, 4.69) is 0 Å². The Morgan fingerprint density at radius 1 is 1.42 bits per heavy atom. The lowest BCUT2D eigenvalue weighted by molar-refractivity contribution is 0.0157. The highest BCUT2D eigenvalue weighted by Crippen LogP contribution is 2.30. The quantitative estimate of drug-likeness (QED) is 0.925. The molecule has 1 aliphatic carbocycles. The molecule has 0 spiro atoms. The van der Waals surface area contributed by atoms with Crippen LogP contribution < -0.4 is 0 Å². The molecule has 0 aromatic heterocycles. The SMILES string of the molecule is Cc1ccc(C(=O)N(C)CC2(O)CCCC2)cc1Cl. The van der Waals surface area contributed by atoms with Crippen molar-refractivity contribution in [2.45, 2.75) is 38.2 Å². The Kier molecular flexibility index (Phi) is 4.16. The van der Waals surface area contributed by atoms with E-state index in [1.54, 1.807) is 24.1 Å². The van der Waals surface area contributed by atoms with Crippen LogP contribution >= 0.6 is 11.6 Å². The zero-order valence-corrected chi connectivity index (χ0v) is 12.2. The zero-order valence-electron chi connectivity index (χ0n) is 11.4. The fourth-order valence-corrected chi connectivity index (χ4v) is 2.83. The normalized spacial score (nSPS) is 17.5. The van der Waals surface area contributed by atoms with Gasteiger partial charge >= 0.3 is 0 Å². The molecule has 0 bridgehead atoms. The lowest BCUT2D eigenvalue weighted by Crippen LogP contribution is -2.42. The fraction of sp³-hybridized carbons (Fsp3) is 0.533. The summed E-state index contributed by atoms with van der Waals surface area (Å²) < 4.78 is 0. The van der Waals surface area contributed by atoms with Crippen LogP contribution in [-0.4, -0.2) is 35.1 Å². The summed E-state index contributed by atoms with van der Waals surface area (Å²) in [5.41, 5.74) is 0.814. The van der Waals surface area contributed by atoms with Gasteiger partial charge in [0.2, 0.25) is 0 Å². The van der Waals surface area contributed by atoms with Gasteiger partial charge in [0.1, 0.15) is 0 Å². The van der Waals surface area contributed by atoms with Gasteiger partial charge in [0.25, 0.3) is 5.91 Å². The molecule has 0 saturated heterocycles. The largest absolute Gasteiger partial charge is 0.388 e. The first-order valence-electron chi connectivity index (χ1n) is 6.65. The molecule has 104 valence electrons. The molecule has 0 unspecified atom stereocenters.